The summed E-state index contributed by atoms with van der Waals surface area (Å²) in [5.41, 5.74) is 0.147. The molecule has 3 atom stereocenters. The molecule has 154 valence electrons. The zero-order chi connectivity index (χ0) is 20.8. The van der Waals surface area contributed by atoms with Crippen molar-refractivity contribution in [2.75, 3.05) is 0 Å². The highest BCUT2D eigenvalue weighted by atomic mass is 79.9. The predicted octanol–water partition coefficient (Wildman–Crippen LogP) is 3.56. The topological polar surface area (TPSA) is 84.0 Å². The van der Waals surface area contributed by atoms with Gasteiger partial charge in [-0.15, -0.1) is 0 Å². The molecule has 0 radical (unpaired) electrons. The van der Waals surface area contributed by atoms with Gasteiger partial charge < -0.3 is 18.9 Å². The SMILES string of the molecule is CC(=O)O[C@H]1C(C)O[C@]2(C[C@@H](Oc3ccc4cc(Br)cnc4c3)C2)[C@H]1OC(C)=O. The van der Waals surface area contributed by atoms with Crippen LogP contribution in [-0.4, -0.2) is 46.9 Å². The number of fused-ring (bicyclic) bond motifs is 1. The molecule has 7 nitrogen and oxygen atoms in total. The van der Waals surface area contributed by atoms with Gasteiger partial charge in [-0.25, -0.2) is 0 Å². The molecule has 1 saturated heterocycles. The molecule has 29 heavy (non-hydrogen) atoms. The van der Waals surface area contributed by atoms with Gasteiger partial charge in [-0.3, -0.25) is 14.6 Å². The lowest BCUT2D eigenvalue weighted by Gasteiger charge is -2.46. The van der Waals surface area contributed by atoms with Crippen LogP contribution in [0.4, 0.5) is 0 Å². The van der Waals surface area contributed by atoms with Crippen molar-refractivity contribution < 1.29 is 28.5 Å². The van der Waals surface area contributed by atoms with Gasteiger partial charge >= 0.3 is 11.9 Å². The number of hydrogen-bond donors (Lipinski definition) is 0. The molecule has 0 amide bonds. The average molecular weight is 464 g/mol. The Hall–Kier alpha value is -2.19. The maximum atomic E-state index is 11.6. The summed E-state index contributed by atoms with van der Waals surface area (Å²) < 4.78 is 24.0. The van der Waals surface area contributed by atoms with Crippen LogP contribution in [-0.2, 0) is 23.8 Å². The standard InChI is InChI=1S/C21H22BrNO6/c1-11-19(26-12(2)24)20(27-13(3)25)21(29-11)8-17(9-21)28-16-5-4-14-6-15(22)10-23-18(14)7-16/h4-7,10-11,17,19-20H,8-9H2,1-3H3/t11?,17-,19-,20-,21+/m0/s1. The molecular weight excluding hydrogens is 442 g/mol. The third kappa shape index (κ3) is 3.96. The van der Waals surface area contributed by atoms with Crippen LogP contribution in [0.25, 0.3) is 10.9 Å². The van der Waals surface area contributed by atoms with Crippen LogP contribution in [0, 0.1) is 0 Å². The zero-order valence-corrected chi connectivity index (χ0v) is 18.0. The van der Waals surface area contributed by atoms with E-state index in [4.69, 9.17) is 18.9 Å². The van der Waals surface area contributed by atoms with E-state index in [1.807, 2.05) is 31.2 Å². The first-order valence-electron chi connectivity index (χ1n) is 9.50. The minimum Gasteiger partial charge on any atom is -0.490 e. The quantitative estimate of drug-likeness (QED) is 0.640. The second kappa shape index (κ2) is 7.57. The number of nitrogens with zero attached hydrogens (tertiary/aromatic N) is 1. The van der Waals surface area contributed by atoms with Crippen molar-refractivity contribution in [2.45, 2.75) is 63.6 Å². The van der Waals surface area contributed by atoms with E-state index in [0.29, 0.717) is 12.8 Å². The van der Waals surface area contributed by atoms with Crippen molar-refractivity contribution in [3.63, 3.8) is 0 Å². The molecule has 0 bridgehead atoms. The smallest absolute Gasteiger partial charge is 0.303 e. The maximum Gasteiger partial charge on any atom is 0.303 e. The van der Waals surface area contributed by atoms with Gasteiger partial charge in [0.1, 0.15) is 17.5 Å². The molecule has 0 N–H and O–H groups in total. The lowest BCUT2D eigenvalue weighted by molar-refractivity contribution is -0.191. The number of halogens is 1. The first-order chi connectivity index (χ1) is 13.8. The van der Waals surface area contributed by atoms with E-state index >= 15 is 0 Å². The fraction of sp³-hybridized carbons (Fsp3) is 0.476. The van der Waals surface area contributed by atoms with Crippen molar-refractivity contribution in [3.8, 4) is 5.75 Å². The molecule has 1 unspecified atom stereocenters. The third-order valence-electron chi connectivity index (χ3n) is 5.37. The van der Waals surface area contributed by atoms with Crippen LogP contribution in [0.3, 0.4) is 0 Å². The van der Waals surface area contributed by atoms with Crippen molar-refractivity contribution in [2.24, 2.45) is 0 Å². The summed E-state index contributed by atoms with van der Waals surface area (Å²) in [5, 5.41) is 1.02. The van der Waals surface area contributed by atoms with Gasteiger partial charge in [-0.2, -0.15) is 0 Å². The lowest BCUT2D eigenvalue weighted by atomic mass is 9.73. The van der Waals surface area contributed by atoms with Crippen molar-refractivity contribution in [1.82, 2.24) is 4.98 Å². The number of hydrogen-bond acceptors (Lipinski definition) is 7. The Morgan fingerprint density at radius 1 is 1.17 bits per heavy atom. The molecular formula is C21H22BrNO6. The molecule has 4 rings (SSSR count). The van der Waals surface area contributed by atoms with Gasteiger partial charge in [-0.05, 0) is 41.1 Å². The largest absolute Gasteiger partial charge is 0.490 e. The van der Waals surface area contributed by atoms with E-state index in [0.717, 1.165) is 21.1 Å². The van der Waals surface area contributed by atoms with Crippen LogP contribution in [0.2, 0.25) is 0 Å². The van der Waals surface area contributed by atoms with Crippen molar-refractivity contribution in [1.29, 1.82) is 0 Å². The second-order valence-corrected chi connectivity index (χ2v) is 8.56. The van der Waals surface area contributed by atoms with Crippen LogP contribution in [0.1, 0.15) is 33.6 Å². The Balaban J connectivity index is 1.47. The number of carbonyl (C=O) groups excluding carboxylic acids is 2. The van der Waals surface area contributed by atoms with Crippen molar-refractivity contribution >= 4 is 38.8 Å². The van der Waals surface area contributed by atoms with E-state index < -0.39 is 29.7 Å². The molecule has 1 saturated carbocycles. The summed E-state index contributed by atoms with van der Waals surface area (Å²) in [7, 11) is 0. The number of carbonyl (C=O) groups is 2. The second-order valence-electron chi connectivity index (χ2n) is 7.65. The van der Waals surface area contributed by atoms with Crippen LogP contribution in [0.15, 0.2) is 34.9 Å². The number of aromatic nitrogens is 1. The van der Waals surface area contributed by atoms with Gasteiger partial charge in [-0.1, -0.05) is 0 Å². The molecule has 2 heterocycles. The zero-order valence-electron chi connectivity index (χ0n) is 16.4. The van der Waals surface area contributed by atoms with Gasteiger partial charge in [0.05, 0.1) is 11.6 Å². The van der Waals surface area contributed by atoms with E-state index in [1.165, 1.54) is 13.8 Å². The Labute approximate surface area is 176 Å². The number of rotatable bonds is 4. The average Bonchev–Trinajstić information content (AvgIpc) is 2.86. The predicted molar refractivity (Wildman–Crippen MR) is 107 cm³/mol. The fourth-order valence-corrected chi connectivity index (χ4v) is 4.56. The fourth-order valence-electron chi connectivity index (χ4n) is 4.22. The van der Waals surface area contributed by atoms with E-state index in [9.17, 15) is 9.59 Å². The number of benzene rings is 1. The molecule has 8 heteroatoms. The minimum absolute atomic E-state index is 0.0933. The van der Waals surface area contributed by atoms with E-state index in [1.54, 1.807) is 6.20 Å². The summed E-state index contributed by atoms with van der Waals surface area (Å²) in [6.45, 7) is 4.50. The number of pyridine rings is 1. The van der Waals surface area contributed by atoms with Gasteiger partial charge in [0.15, 0.2) is 12.2 Å². The molecule has 2 aliphatic rings. The summed E-state index contributed by atoms with van der Waals surface area (Å²) >= 11 is 3.42. The van der Waals surface area contributed by atoms with Crippen LogP contribution in [0.5, 0.6) is 5.75 Å². The van der Waals surface area contributed by atoms with Crippen LogP contribution >= 0.6 is 15.9 Å². The van der Waals surface area contributed by atoms with Crippen LogP contribution < -0.4 is 4.74 Å². The Bertz CT molecular complexity index is 957. The summed E-state index contributed by atoms with van der Waals surface area (Å²) in [4.78, 5) is 27.5. The van der Waals surface area contributed by atoms with Gasteiger partial charge in [0.2, 0.25) is 0 Å². The minimum atomic E-state index is -0.699. The Morgan fingerprint density at radius 3 is 2.59 bits per heavy atom. The summed E-state index contributed by atoms with van der Waals surface area (Å²) in [5.74, 6) is -0.138. The Morgan fingerprint density at radius 2 is 1.90 bits per heavy atom. The van der Waals surface area contributed by atoms with E-state index in [2.05, 4.69) is 20.9 Å². The van der Waals surface area contributed by atoms with Crippen molar-refractivity contribution in [3.05, 3.63) is 34.9 Å². The molecule has 1 aromatic heterocycles. The highest BCUT2D eigenvalue weighted by molar-refractivity contribution is 9.10. The monoisotopic (exact) mass is 463 g/mol. The summed E-state index contributed by atoms with van der Waals surface area (Å²) in [6, 6.07) is 7.77. The highest BCUT2D eigenvalue weighted by Gasteiger charge is 2.64. The number of ether oxygens (including phenoxy) is 4. The molecule has 1 spiro atoms. The van der Waals surface area contributed by atoms with Gasteiger partial charge in [0, 0.05) is 48.8 Å². The molecule has 1 aliphatic heterocycles. The molecule has 2 fully saturated rings. The molecule has 2 aromatic rings. The maximum absolute atomic E-state index is 11.6. The highest BCUT2D eigenvalue weighted by Crippen LogP contribution is 2.49. The summed E-state index contributed by atoms with van der Waals surface area (Å²) in [6.07, 6.45) is 1.10. The molecule has 1 aromatic carbocycles. The third-order valence-corrected chi connectivity index (χ3v) is 5.80. The normalized spacial score (nSPS) is 30.8. The lowest BCUT2D eigenvalue weighted by Crippen LogP contribution is -2.58. The first-order valence-corrected chi connectivity index (χ1v) is 10.3. The molecule has 1 aliphatic carbocycles. The van der Waals surface area contributed by atoms with Gasteiger partial charge in [0.25, 0.3) is 0 Å². The number of esters is 2. The Kier molecular flexibility index (Phi) is 5.25. The first kappa shape index (κ1) is 20.1. The van der Waals surface area contributed by atoms with E-state index in [-0.39, 0.29) is 12.2 Å².